The molecule has 0 aliphatic rings. The molecular formula is C7H21NO4P+. The number of rotatable bonds is 3. The summed E-state index contributed by atoms with van der Waals surface area (Å²) in [5, 5.41) is 0. The Morgan fingerprint density at radius 1 is 1.00 bits per heavy atom. The largest absolute Gasteiger partial charge is 0.466 e. The Hall–Kier alpha value is 0.0700. The van der Waals surface area contributed by atoms with E-state index in [2.05, 4.69) is 27.8 Å². The monoisotopic (exact) mass is 214 g/mol. The maximum Gasteiger partial charge on any atom is 0.466 e. The third-order valence-corrected chi connectivity index (χ3v) is 2.29. The van der Waals surface area contributed by atoms with Crippen LogP contribution in [0.1, 0.15) is 20.8 Å². The van der Waals surface area contributed by atoms with Crippen molar-refractivity contribution in [1.82, 2.24) is 0 Å². The molecule has 0 radical (unpaired) electrons. The molecule has 0 unspecified atom stereocenters. The fourth-order valence-electron chi connectivity index (χ4n) is 0.671. The van der Waals surface area contributed by atoms with Gasteiger partial charge in [0, 0.05) is 0 Å². The molecule has 0 fully saturated rings. The van der Waals surface area contributed by atoms with Crippen LogP contribution in [0, 0.1) is 0 Å². The van der Waals surface area contributed by atoms with Crippen LogP contribution in [0.4, 0.5) is 0 Å². The summed E-state index contributed by atoms with van der Waals surface area (Å²) in [5.74, 6) is 0. The van der Waals surface area contributed by atoms with E-state index < -0.39 is 7.82 Å². The van der Waals surface area contributed by atoms with E-state index in [9.17, 15) is 0 Å². The highest BCUT2D eigenvalue weighted by Crippen LogP contribution is 2.25. The summed E-state index contributed by atoms with van der Waals surface area (Å²) < 4.78 is 10.1. The van der Waals surface area contributed by atoms with Crippen molar-refractivity contribution in [2.75, 3.05) is 26.7 Å². The number of phosphoric acid groups is 1. The van der Waals surface area contributed by atoms with E-state index in [4.69, 9.17) is 19.2 Å². The molecule has 0 spiro atoms. The molecular weight excluding hydrogens is 193 g/mol. The van der Waals surface area contributed by atoms with E-state index in [0.29, 0.717) is 0 Å². The second kappa shape index (κ2) is 6.51. The van der Waals surface area contributed by atoms with Crippen LogP contribution < -0.4 is 0 Å². The minimum atomic E-state index is -4.64. The molecule has 3 N–H and O–H groups in total. The van der Waals surface area contributed by atoms with E-state index in [1.807, 2.05) is 0 Å². The van der Waals surface area contributed by atoms with Crippen LogP contribution in [-0.4, -0.2) is 45.8 Å². The van der Waals surface area contributed by atoms with Crippen molar-refractivity contribution in [2.24, 2.45) is 0 Å². The molecule has 0 bridgehead atoms. The number of nitrogens with zero attached hydrogens (tertiary/aromatic N) is 1. The molecule has 0 atom stereocenters. The number of hydrogen-bond acceptors (Lipinski definition) is 1. The van der Waals surface area contributed by atoms with E-state index in [0.717, 1.165) is 0 Å². The minimum absolute atomic E-state index is 1.21. The van der Waals surface area contributed by atoms with Crippen molar-refractivity contribution in [3.05, 3.63) is 0 Å². The molecule has 0 heterocycles. The summed E-state index contributed by atoms with van der Waals surface area (Å²) in [5.41, 5.74) is 0. The lowest BCUT2D eigenvalue weighted by molar-refractivity contribution is -0.904. The van der Waals surface area contributed by atoms with Gasteiger partial charge in [0.05, 0.1) is 26.7 Å². The van der Waals surface area contributed by atoms with Crippen molar-refractivity contribution in [2.45, 2.75) is 20.8 Å². The standard InChI is InChI=1S/C7H18N.H3O4P/c1-5-8(4,6-2)7-3;1-5(2,3)4/h5-7H2,1-4H3;(H3,1,2,3,4)/q+1;. The minimum Gasteiger partial charge on any atom is -0.327 e. The Morgan fingerprint density at radius 2 is 1.15 bits per heavy atom. The average Bonchev–Trinajstić information content (AvgIpc) is 2.00. The van der Waals surface area contributed by atoms with Crippen LogP contribution >= 0.6 is 7.82 Å². The lowest BCUT2D eigenvalue weighted by Gasteiger charge is -2.30. The predicted molar refractivity (Wildman–Crippen MR) is 52.1 cm³/mol. The van der Waals surface area contributed by atoms with Gasteiger partial charge < -0.3 is 19.2 Å². The zero-order chi connectivity index (χ0) is 11.1. The molecule has 82 valence electrons. The molecule has 0 amide bonds. The normalized spacial score (nSPS) is 11.9. The summed E-state index contributed by atoms with van der Waals surface area (Å²) in [6, 6.07) is 0. The van der Waals surface area contributed by atoms with Gasteiger partial charge in [-0.15, -0.1) is 0 Å². The van der Waals surface area contributed by atoms with E-state index in [1.54, 1.807) is 0 Å². The zero-order valence-electron chi connectivity index (χ0n) is 8.77. The summed E-state index contributed by atoms with van der Waals surface area (Å²) in [7, 11) is -2.35. The number of quaternary nitrogens is 1. The van der Waals surface area contributed by atoms with Crippen LogP contribution in [-0.2, 0) is 4.57 Å². The highest BCUT2D eigenvalue weighted by Gasteiger charge is 2.10. The van der Waals surface area contributed by atoms with Gasteiger partial charge in [0.15, 0.2) is 0 Å². The first-order valence-corrected chi connectivity index (χ1v) is 5.86. The summed E-state index contributed by atoms with van der Waals surface area (Å²) in [4.78, 5) is 21.6. The molecule has 0 rings (SSSR count). The van der Waals surface area contributed by atoms with E-state index in [1.165, 1.54) is 24.1 Å². The van der Waals surface area contributed by atoms with Crippen molar-refractivity contribution < 1.29 is 23.7 Å². The van der Waals surface area contributed by atoms with Gasteiger partial charge in [-0.3, -0.25) is 0 Å². The molecule has 5 nitrogen and oxygen atoms in total. The van der Waals surface area contributed by atoms with Gasteiger partial charge in [-0.05, 0) is 20.8 Å². The van der Waals surface area contributed by atoms with Crippen LogP contribution in [0.15, 0.2) is 0 Å². The fourth-order valence-corrected chi connectivity index (χ4v) is 0.671. The Balaban J connectivity index is 0. The number of hydrogen-bond donors (Lipinski definition) is 3. The van der Waals surface area contributed by atoms with Crippen LogP contribution in [0.2, 0.25) is 0 Å². The molecule has 6 heteroatoms. The first-order valence-electron chi connectivity index (χ1n) is 4.30. The van der Waals surface area contributed by atoms with E-state index in [-0.39, 0.29) is 0 Å². The van der Waals surface area contributed by atoms with Gasteiger partial charge in [-0.25, -0.2) is 4.57 Å². The van der Waals surface area contributed by atoms with Gasteiger partial charge >= 0.3 is 7.82 Å². The predicted octanol–water partition coefficient (Wildman–Crippen LogP) is 0.564. The average molecular weight is 214 g/mol. The molecule has 0 aliphatic carbocycles. The van der Waals surface area contributed by atoms with Gasteiger partial charge in [0.25, 0.3) is 0 Å². The quantitative estimate of drug-likeness (QED) is 0.474. The van der Waals surface area contributed by atoms with Gasteiger partial charge in [-0.1, -0.05) is 0 Å². The molecule has 13 heavy (non-hydrogen) atoms. The van der Waals surface area contributed by atoms with Gasteiger partial charge in [-0.2, -0.15) is 0 Å². The van der Waals surface area contributed by atoms with Crippen molar-refractivity contribution in [3.8, 4) is 0 Å². The Bertz CT molecular complexity index is 147. The SMILES string of the molecule is CC[N+](C)(CC)CC.O=P(O)(O)O. The second-order valence-corrected chi connectivity index (χ2v) is 4.11. The summed E-state index contributed by atoms with van der Waals surface area (Å²) >= 11 is 0. The topological polar surface area (TPSA) is 77.8 Å². The lowest BCUT2D eigenvalue weighted by Crippen LogP contribution is -2.42. The molecule has 0 saturated carbocycles. The highest BCUT2D eigenvalue weighted by atomic mass is 31.2. The van der Waals surface area contributed by atoms with Gasteiger partial charge in [0.2, 0.25) is 0 Å². The zero-order valence-corrected chi connectivity index (χ0v) is 9.66. The van der Waals surface area contributed by atoms with Crippen molar-refractivity contribution in [1.29, 1.82) is 0 Å². The van der Waals surface area contributed by atoms with Crippen molar-refractivity contribution >= 4 is 7.82 Å². The molecule has 0 saturated heterocycles. The fraction of sp³-hybridized carbons (Fsp3) is 1.00. The van der Waals surface area contributed by atoms with Crippen LogP contribution in [0.3, 0.4) is 0 Å². The van der Waals surface area contributed by atoms with Crippen molar-refractivity contribution in [3.63, 3.8) is 0 Å². The van der Waals surface area contributed by atoms with Gasteiger partial charge in [0.1, 0.15) is 0 Å². The molecule has 0 aromatic carbocycles. The van der Waals surface area contributed by atoms with Crippen LogP contribution in [0.5, 0.6) is 0 Å². The first-order chi connectivity index (χ1) is 5.68. The lowest BCUT2D eigenvalue weighted by atomic mass is 10.4. The first kappa shape index (κ1) is 15.5. The maximum absolute atomic E-state index is 8.88. The Labute approximate surface area is 79.8 Å². The Morgan fingerprint density at radius 3 is 1.15 bits per heavy atom. The second-order valence-electron chi connectivity index (χ2n) is 3.08. The highest BCUT2D eigenvalue weighted by molar-refractivity contribution is 7.45. The summed E-state index contributed by atoms with van der Waals surface area (Å²) in [6.45, 7) is 10.5. The molecule has 0 aromatic rings. The third kappa shape index (κ3) is 14.9. The van der Waals surface area contributed by atoms with E-state index >= 15 is 0 Å². The maximum atomic E-state index is 8.88. The molecule has 0 aromatic heterocycles. The Kier molecular flexibility index (Phi) is 7.78. The summed E-state index contributed by atoms with van der Waals surface area (Å²) in [6.07, 6.45) is 0. The smallest absolute Gasteiger partial charge is 0.327 e. The van der Waals surface area contributed by atoms with Crippen LogP contribution in [0.25, 0.3) is 0 Å². The molecule has 0 aliphatic heterocycles. The third-order valence-electron chi connectivity index (χ3n) is 2.29.